The van der Waals surface area contributed by atoms with Crippen LogP contribution >= 0.6 is 0 Å². The Hall–Kier alpha value is -2.11. The van der Waals surface area contributed by atoms with Gasteiger partial charge in [-0.05, 0) is 30.5 Å². The fraction of sp³-hybridized carbons (Fsp3) is 0.400. The van der Waals surface area contributed by atoms with Crippen LogP contribution in [0.1, 0.15) is 30.6 Å². The lowest BCUT2D eigenvalue weighted by Crippen LogP contribution is -2.24. The largest absolute Gasteiger partial charge is 0.435 e. The van der Waals surface area contributed by atoms with E-state index in [4.69, 9.17) is 0 Å². The number of aryl methyl sites for hydroxylation is 1. The molecule has 0 saturated heterocycles. The van der Waals surface area contributed by atoms with Crippen molar-refractivity contribution in [3.8, 4) is 5.75 Å². The second-order valence-corrected chi connectivity index (χ2v) is 5.00. The van der Waals surface area contributed by atoms with E-state index in [0.29, 0.717) is 0 Å². The van der Waals surface area contributed by atoms with Gasteiger partial charge in [0.1, 0.15) is 11.6 Å². The highest BCUT2D eigenvalue weighted by atomic mass is 19.3. The molecule has 4 nitrogen and oxygen atoms in total. The molecular weight excluding hydrogens is 276 g/mol. The highest BCUT2D eigenvalue weighted by molar-refractivity contribution is 5.42. The fourth-order valence-electron chi connectivity index (χ4n) is 2.65. The van der Waals surface area contributed by atoms with Crippen molar-refractivity contribution in [1.29, 1.82) is 0 Å². The molecule has 112 valence electrons. The van der Waals surface area contributed by atoms with Crippen LogP contribution in [-0.2, 0) is 6.42 Å². The van der Waals surface area contributed by atoms with E-state index in [1.807, 2.05) is 16.8 Å². The van der Waals surface area contributed by atoms with E-state index >= 15 is 0 Å². The minimum atomic E-state index is -2.81. The summed E-state index contributed by atoms with van der Waals surface area (Å²) in [5, 5.41) is 7.90. The van der Waals surface area contributed by atoms with Crippen LogP contribution < -0.4 is 10.1 Å². The molecule has 0 saturated carbocycles. The monoisotopic (exact) mass is 293 g/mol. The molecule has 2 aromatic rings. The van der Waals surface area contributed by atoms with Gasteiger partial charge in [0.2, 0.25) is 0 Å². The summed E-state index contributed by atoms with van der Waals surface area (Å²) in [6.45, 7) is 0.0834. The summed E-state index contributed by atoms with van der Waals surface area (Å²) < 4.78 is 31.1. The minimum Gasteiger partial charge on any atom is -0.435 e. The Kier molecular flexibility index (Phi) is 3.77. The molecule has 1 aliphatic rings. The Bertz CT molecular complexity index is 627. The second kappa shape index (κ2) is 5.71. The number of nitrogens with one attached hydrogen (secondary N) is 1. The number of halogens is 2. The Morgan fingerprint density at radius 1 is 1.43 bits per heavy atom. The third-order valence-corrected chi connectivity index (χ3v) is 3.64. The first-order valence-electron chi connectivity index (χ1n) is 7.04. The normalized spacial score (nSPS) is 17.4. The maximum atomic E-state index is 12.3. The van der Waals surface area contributed by atoms with Gasteiger partial charge in [0.05, 0.1) is 11.7 Å². The number of rotatable bonds is 4. The molecule has 0 spiro atoms. The highest BCUT2D eigenvalue weighted by Gasteiger charge is 2.23. The molecule has 1 aliphatic heterocycles. The van der Waals surface area contributed by atoms with E-state index in [0.717, 1.165) is 36.5 Å². The quantitative estimate of drug-likeness (QED) is 0.938. The molecule has 1 unspecified atom stereocenters. The first-order chi connectivity index (χ1) is 10.2. The van der Waals surface area contributed by atoms with Gasteiger partial charge < -0.3 is 10.1 Å². The third-order valence-electron chi connectivity index (χ3n) is 3.64. The van der Waals surface area contributed by atoms with Gasteiger partial charge in [-0.15, -0.1) is 0 Å². The van der Waals surface area contributed by atoms with Crippen LogP contribution in [0.2, 0.25) is 0 Å². The second-order valence-electron chi connectivity index (χ2n) is 5.00. The summed E-state index contributed by atoms with van der Waals surface area (Å²) >= 11 is 0. The maximum Gasteiger partial charge on any atom is 0.387 e. The molecule has 0 amide bonds. The highest BCUT2D eigenvalue weighted by Crippen LogP contribution is 2.31. The summed E-state index contributed by atoms with van der Waals surface area (Å²) in [4.78, 5) is 0. The number of anilines is 1. The zero-order chi connectivity index (χ0) is 14.8. The zero-order valence-corrected chi connectivity index (χ0v) is 11.7. The Balaban J connectivity index is 1.93. The van der Waals surface area contributed by atoms with Crippen molar-refractivity contribution in [2.24, 2.45) is 0 Å². The number of ether oxygens (including phenoxy) is 1. The van der Waals surface area contributed by atoms with Gasteiger partial charge >= 0.3 is 6.61 Å². The maximum absolute atomic E-state index is 12.3. The Morgan fingerprint density at radius 3 is 3.05 bits per heavy atom. The van der Waals surface area contributed by atoms with Crippen LogP contribution in [0.15, 0.2) is 30.3 Å². The Morgan fingerprint density at radius 2 is 2.29 bits per heavy atom. The van der Waals surface area contributed by atoms with Gasteiger partial charge in [0.25, 0.3) is 0 Å². The molecule has 1 aromatic carbocycles. The molecule has 1 N–H and O–H groups in total. The number of benzene rings is 1. The molecule has 0 aliphatic carbocycles. The van der Waals surface area contributed by atoms with Crippen LogP contribution in [0, 0.1) is 0 Å². The molecule has 21 heavy (non-hydrogen) atoms. The fourth-order valence-corrected chi connectivity index (χ4v) is 2.65. The van der Waals surface area contributed by atoms with E-state index < -0.39 is 6.61 Å². The summed E-state index contributed by atoms with van der Waals surface area (Å²) in [6.07, 6.45) is 1.72. The lowest BCUT2D eigenvalue weighted by molar-refractivity contribution is -0.0499. The van der Waals surface area contributed by atoms with Crippen molar-refractivity contribution < 1.29 is 13.5 Å². The number of fused-ring (bicyclic) bond motifs is 1. The van der Waals surface area contributed by atoms with Gasteiger partial charge in [0, 0.05) is 12.6 Å². The van der Waals surface area contributed by atoms with Gasteiger partial charge in [-0.2, -0.15) is 13.9 Å². The average molecular weight is 293 g/mol. The van der Waals surface area contributed by atoms with Gasteiger partial charge in [-0.1, -0.05) is 19.1 Å². The molecule has 0 radical (unpaired) electrons. The van der Waals surface area contributed by atoms with E-state index in [1.165, 1.54) is 6.07 Å². The predicted octanol–water partition coefficient (Wildman–Crippen LogP) is 3.45. The lowest BCUT2D eigenvalue weighted by atomic mass is 10.0. The summed E-state index contributed by atoms with van der Waals surface area (Å²) in [5.74, 6) is 1.16. The van der Waals surface area contributed by atoms with E-state index in [9.17, 15) is 8.78 Å². The van der Waals surface area contributed by atoms with Gasteiger partial charge in [-0.25, -0.2) is 4.68 Å². The number of aromatic nitrogens is 2. The van der Waals surface area contributed by atoms with Crippen LogP contribution in [0.3, 0.4) is 0 Å². The summed E-state index contributed by atoms with van der Waals surface area (Å²) in [7, 11) is 0. The molecule has 3 rings (SSSR count). The zero-order valence-electron chi connectivity index (χ0n) is 11.7. The third kappa shape index (κ3) is 2.84. The molecule has 2 heterocycles. The van der Waals surface area contributed by atoms with E-state index in [-0.39, 0.29) is 11.8 Å². The van der Waals surface area contributed by atoms with Gasteiger partial charge in [-0.3, -0.25) is 0 Å². The molecule has 1 aromatic heterocycles. The number of nitrogens with zero attached hydrogens (tertiary/aromatic N) is 2. The van der Waals surface area contributed by atoms with Crippen LogP contribution in [0.4, 0.5) is 14.6 Å². The molecule has 1 atom stereocenters. The molecule has 6 heteroatoms. The molecule has 0 bridgehead atoms. The predicted molar refractivity (Wildman–Crippen MR) is 75.9 cm³/mol. The van der Waals surface area contributed by atoms with Crippen LogP contribution in [-0.4, -0.2) is 22.9 Å². The molecular formula is C15H17F2N3O. The molecule has 0 fully saturated rings. The standard InChI is InChI=1S/C15H17F2N3O/c1-2-11-9-14-18-7-6-13(20(14)19-11)10-4-3-5-12(8-10)21-15(16)17/h3-5,8-9,13,15,18H,2,6-7H2,1H3. The van der Waals surface area contributed by atoms with E-state index in [2.05, 4.69) is 22.1 Å². The van der Waals surface area contributed by atoms with Crippen molar-refractivity contribution in [2.45, 2.75) is 32.4 Å². The summed E-state index contributed by atoms with van der Waals surface area (Å²) in [6, 6.07) is 8.94. The smallest absolute Gasteiger partial charge is 0.387 e. The van der Waals surface area contributed by atoms with Crippen molar-refractivity contribution in [1.82, 2.24) is 9.78 Å². The first kappa shape index (κ1) is 13.9. The number of hydrogen-bond acceptors (Lipinski definition) is 3. The SMILES string of the molecule is CCc1cc2n(n1)C(c1cccc(OC(F)F)c1)CCN2. The van der Waals surface area contributed by atoms with Crippen LogP contribution in [0.5, 0.6) is 5.75 Å². The van der Waals surface area contributed by atoms with Crippen LogP contribution in [0.25, 0.3) is 0 Å². The Labute approximate surface area is 121 Å². The summed E-state index contributed by atoms with van der Waals surface area (Å²) in [5.41, 5.74) is 1.95. The van der Waals surface area contributed by atoms with Crippen molar-refractivity contribution >= 4 is 5.82 Å². The number of hydrogen-bond donors (Lipinski definition) is 1. The minimum absolute atomic E-state index is 0.0442. The lowest BCUT2D eigenvalue weighted by Gasteiger charge is -2.26. The van der Waals surface area contributed by atoms with Gasteiger partial charge in [0.15, 0.2) is 0 Å². The topological polar surface area (TPSA) is 39.1 Å². The van der Waals surface area contributed by atoms with Crippen molar-refractivity contribution in [3.05, 3.63) is 41.6 Å². The first-order valence-corrected chi connectivity index (χ1v) is 7.04. The van der Waals surface area contributed by atoms with Crippen molar-refractivity contribution in [3.63, 3.8) is 0 Å². The van der Waals surface area contributed by atoms with E-state index in [1.54, 1.807) is 12.1 Å². The average Bonchev–Trinajstić information content (AvgIpc) is 2.89. The van der Waals surface area contributed by atoms with Crippen molar-refractivity contribution in [2.75, 3.05) is 11.9 Å². The number of alkyl halides is 2.